The number of likely N-dealkylation sites (tertiary alicyclic amines) is 1. The smallest absolute Gasteiger partial charge is 0.284 e. The van der Waals surface area contributed by atoms with Crippen LogP contribution in [0.25, 0.3) is 0 Å². The second kappa shape index (κ2) is 9.12. The second-order valence-corrected chi connectivity index (χ2v) is 11.1. The summed E-state index contributed by atoms with van der Waals surface area (Å²) < 4.78 is 34.7. The minimum Gasteiger partial charge on any atom is -0.304 e. The van der Waals surface area contributed by atoms with Gasteiger partial charge in [0.05, 0.1) is 0 Å². The van der Waals surface area contributed by atoms with Crippen molar-refractivity contribution in [2.45, 2.75) is 18.6 Å². The molecule has 170 valence electrons. The topological polar surface area (TPSA) is 43.9 Å². The zero-order chi connectivity index (χ0) is 22.8. The van der Waals surface area contributed by atoms with Crippen LogP contribution in [0.2, 0.25) is 0 Å². The maximum atomic E-state index is 15.5. The molecule has 0 aliphatic carbocycles. The molecule has 0 radical (unpaired) electrons. The van der Waals surface area contributed by atoms with Gasteiger partial charge in [-0.3, -0.25) is 14.3 Å². The van der Waals surface area contributed by atoms with Crippen molar-refractivity contribution in [1.82, 2.24) is 4.90 Å². The maximum Gasteiger partial charge on any atom is 0.284 e. The van der Waals surface area contributed by atoms with Crippen LogP contribution < -0.4 is 9.34 Å². The third-order valence-electron chi connectivity index (χ3n) is 6.53. The van der Waals surface area contributed by atoms with Crippen molar-refractivity contribution >= 4 is 24.6 Å². The van der Waals surface area contributed by atoms with E-state index in [1.165, 1.54) is 6.07 Å². The minimum absolute atomic E-state index is 0.197. The van der Waals surface area contributed by atoms with Gasteiger partial charge in [-0.25, -0.2) is 4.39 Å². The van der Waals surface area contributed by atoms with E-state index in [2.05, 4.69) is 4.90 Å². The zero-order valence-electron chi connectivity index (χ0n) is 18.4. The average Bonchev–Trinajstić information content (AvgIpc) is 3.20. The first-order valence-corrected chi connectivity index (χ1v) is 13.0. The number of halogens is 1. The molecule has 33 heavy (non-hydrogen) atoms. The van der Waals surface area contributed by atoms with Gasteiger partial charge in [-0.2, -0.15) is 0 Å². The first-order valence-electron chi connectivity index (χ1n) is 11.3. The Morgan fingerprint density at radius 1 is 0.697 bits per heavy atom. The summed E-state index contributed by atoms with van der Waals surface area (Å²) in [5.74, 6) is -0.875. The third kappa shape index (κ3) is 3.98. The molecule has 2 saturated heterocycles. The highest BCUT2D eigenvalue weighted by Crippen LogP contribution is 2.70. The molecule has 0 saturated carbocycles. The Morgan fingerprint density at radius 3 is 1.70 bits per heavy atom. The standard InChI is InChI=1S/C26H27FN3O2P/c27-25-14-8-7-13-24(25)26(28-17-15-23(31)16-18-28)33(32)29(21-9-3-1-4-10-21)19-20-30(33)22-11-5-2-6-12-22/h1-14,26H,15-20H2. The van der Waals surface area contributed by atoms with Crippen molar-refractivity contribution in [2.75, 3.05) is 35.5 Å². The summed E-state index contributed by atoms with van der Waals surface area (Å²) in [5, 5.41) is 0. The largest absolute Gasteiger partial charge is 0.304 e. The van der Waals surface area contributed by atoms with Gasteiger partial charge in [-0.15, -0.1) is 0 Å². The fourth-order valence-electron chi connectivity index (χ4n) is 4.95. The number of anilines is 2. The van der Waals surface area contributed by atoms with Crippen LogP contribution in [0, 0.1) is 5.82 Å². The molecule has 2 fully saturated rings. The maximum absolute atomic E-state index is 15.5. The number of rotatable bonds is 5. The van der Waals surface area contributed by atoms with Crippen LogP contribution in [0.15, 0.2) is 84.9 Å². The van der Waals surface area contributed by atoms with E-state index in [0.29, 0.717) is 44.6 Å². The lowest BCUT2D eigenvalue weighted by Crippen LogP contribution is -2.41. The Labute approximate surface area is 193 Å². The van der Waals surface area contributed by atoms with Gasteiger partial charge >= 0.3 is 0 Å². The van der Waals surface area contributed by atoms with E-state index in [-0.39, 0.29) is 11.6 Å². The van der Waals surface area contributed by atoms with Crippen molar-refractivity contribution in [3.8, 4) is 0 Å². The number of hydrogen-bond acceptors (Lipinski definition) is 3. The summed E-state index contributed by atoms with van der Waals surface area (Å²) in [6.45, 7) is 2.06. The van der Waals surface area contributed by atoms with Crippen LogP contribution in [-0.2, 0) is 9.36 Å². The molecule has 0 aromatic heterocycles. The molecular weight excluding hydrogens is 436 g/mol. The van der Waals surface area contributed by atoms with Gasteiger partial charge in [-0.05, 0) is 30.3 Å². The lowest BCUT2D eigenvalue weighted by Gasteiger charge is -2.44. The van der Waals surface area contributed by atoms with Crippen LogP contribution in [0.3, 0.4) is 0 Å². The van der Waals surface area contributed by atoms with Gasteiger partial charge in [0.25, 0.3) is 7.44 Å². The van der Waals surface area contributed by atoms with Crippen LogP contribution in [0.5, 0.6) is 0 Å². The molecule has 2 aliphatic heterocycles. The Bertz CT molecular complexity index is 1110. The second-order valence-electron chi connectivity index (χ2n) is 8.48. The number of piperidine rings is 1. The Balaban J connectivity index is 1.70. The molecular formula is C26H27FN3O2P. The van der Waals surface area contributed by atoms with E-state index >= 15 is 8.96 Å². The van der Waals surface area contributed by atoms with Crippen LogP contribution >= 0.6 is 7.44 Å². The summed E-state index contributed by atoms with van der Waals surface area (Å²) in [4.78, 5) is 14.1. The fraction of sp³-hybridized carbons (Fsp3) is 0.269. The quantitative estimate of drug-likeness (QED) is 0.454. The molecule has 0 bridgehead atoms. The lowest BCUT2D eigenvalue weighted by atomic mass is 10.1. The summed E-state index contributed by atoms with van der Waals surface area (Å²) in [6.07, 6.45) is 0.781. The number of para-hydroxylation sites is 2. The Hall–Kier alpha value is -2.95. The Morgan fingerprint density at radius 2 is 1.18 bits per heavy atom. The fourth-order valence-corrected chi connectivity index (χ4v) is 8.65. The van der Waals surface area contributed by atoms with E-state index < -0.39 is 13.2 Å². The third-order valence-corrected chi connectivity index (χ3v) is 10.0. The van der Waals surface area contributed by atoms with Gasteiger partial charge in [0.1, 0.15) is 17.4 Å². The number of ketones is 1. The van der Waals surface area contributed by atoms with Gasteiger partial charge in [0, 0.05) is 56.0 Å². The van der Waals surface area contributed by atoms with Crippen molar-refractivity contribution in [3.63, 3.8) is 0 Å². The molecule has 7 heteroatoms. The van der Waals surface area contributed by atoms with Crippen LogP contribution in [0.4, 0.5) is 15.8 Å². The van der Waals surface area contributed by atoms with Crippen molar-refractivity contribution < 1.29 is 13.8 Å². The predicted molar refractivity (Wildman–Crippen MR) is 130 cm³/mol. The van der Waals surface area contributed by atoms with Crippen molar-refractivity contribution in [2.24, 2.45) is 0 Å². The number of carbonyl (C=O) groups is 1. The summed E-state index contributed by atoms with van der Waals surface area (Å²) in [6, 6.07) is 26.0. The highest BCUT2D eigenvalue weighted by molar-refractivity contribution is 7.67. The predicted octanol–water partition coefficient (Wildman–Crippen LogP) is 5.71. The molecule has 3 aromatic carbocycles. The van der Waals surface area contributed by atoms with Gasteiger partial charge in [0.15, 0.2) is 0 Å². The van der Waals surface area contributed by atoms with Crippen LogP contribution in [-0.4, -0.2) is 36.9 Å². The average molecular weight is 463 g/mol. The van der Waals surface area contributed by atoms with Gasteiger partial charge in [-0.1, -0.05) is 54.6 Å². The molecule has 0 spiro atoms. The van der Waals surface area contributed by atoms with E-state index in [0.717, 1.165) is 11.4 Å². The molecule has 5 nitrogen and oxygen atoms in total. The molecule has 1 unspecified atom stereocenters. The molecule has 2 aliphatic rings. The zero-order valence-corrected chi connectivity index (χ0v) is 19.3. The molecule has 5 rings (SSSR count). The lowest BCUT2D eigenvalue weighted by molar-refractivity contribution is -0.121. The van der Waals surface area contributed by atoms with Crippen molar-refractivity contribution in [3.05, 3.63) is 96.3 Å². The monoisotopic (exact) mass is 463 g/mol. The molecule has 0 N–H and O–H groups in total. The Kier molecular flexibility index (Phi) is 6.05. The number of carbonyl (C=O) groups excluding carboxylic acids is 1. The molecule has 3 aromatic rings. The number of hydrogen-bond donors (Lipinski definition) is 0. The highest BCUT2D eigenvalue weighted by Gasteiger charge is 2.53. The van der Waals surface area contributed by atoms with Crippen LogP contribution in [0.1, 0.15) is 24.2 Å². The van der Waals surface area contributed by atoms with Gasteiger partial charge in [0.2, 0.25) is 0 Å². The minimum atomic E-state index is -3.44. The summed E-state index contributed by atoms with van der Waals surface area (Å²) in [7, 11) is -3.44. The van der Waals surface area contributed by atoms with E-state index in [9.17, 15) is 4.79 Å². The number of nitrogens with zero attached hydrogens (tertiary/aromatic N) is 3. The first kappa shape index (κ1) is 21.9. The normalized spacial score (nSPS) is 19.6. The van der Waals surface area contributed by atoms with E-state index in [1.54, 1.807) is 18.2 Å². The SMILES string of the molecule is O=C1CCN(C(c2ccccc2F)P2(=O)N(c3ccccc3)CCN2c2ccccc2)CC1. The molecule has 1 atom stereocenters. The summed E-state index contributed by atoms with van der Waals surface area (Å²) >= 11 is 0. The molecule has 2 heterocycles. The first-order chi connectivity index (χ1) is 16.1. The number of benzene rings is 3. The van der Waals surface area contributed by atoms with Crippen molar-refractivity contribution in [1.29, 1.82) is 0 Å². The van der Waals surface area contributed by atoms with E-state index in [4.69, 9.17) is 0 Å². The molecule has 0 amide bonds. The highest BCUT2D eigenvalue weighted by atomic mass is 31.2. The number of Topliss-reactive ketones (excluding diaryl/α,β-unsaturated/α-hetero) is 1. The van der Waals surface area contributed by atoms with Gasteiger partial charge < -0.3 is 9.34 Å². The van der Waals surface area contributed by atoms with E-state index in [1.807, 2.05) is 70.0 Å². The summed E-state index contributed by atoms with van der Waals surface area (Å²) in [5.41, 5.74) is 2.13.